The molecule has 168 valence electrons. The molecule has 0 aromatic carbocycles. The van der Waals surface area contributed by atoms with Crippen LogP contribution in [0.2, 0.25) is 0 Å². The highest BCUT2D eigenvalue weighted by molar-refractivity contribution is 5.95. The zero-order chi connectivity index (χ0) is 21.5. The number of hydrogen-bond donors (Lipinski definition) is 1. The first kappa shape index (κ1) is 20.5. The predicted octanol–water partition coefficient (Wildman–Crippen LogP) is 1.63. The minimum atomic E-state index is -0.140. The van der Waals surface area contributed by atoms with Crippen molar-refractivity contribution in [3.05, 3.63) is 17.0 Å². The highest BCUT2D eigenvalue weighted by atomic mass is 16.2. The van der Waals surface area contributed by atoms with Gasteiger partial charge in [-0.15, -0.1) is 0 Å². The molecular formula is C23H33N5O3. The Kier molecular flexibility index (Phi) is 5.48. The first-order valence-electron chi connectivity index (χ1n) is 11.9. The van der Waals surface area contributed by atoms with Crippen LogP contribution in [0.5, 0.6) is 0 Å². The van der Waals surface area contributed by atoms with Crippen molar-refractivity contribution >= 4 is 17.7 Å². The maximum absolute atomic E-state index is 13.4. The lowest BCUT2D eigenvalue weighted by molar-refractivity contribution is -0.136. The van der Waals surface area contributed by atoms with Crippen LogP contribution in [0.4, 0.5) is 0 Å². The molecule has 2 aliphatic heterocycles. The average molecular weight is 428 g/mol. The van der Waals surface area contributed by atoms with E-state index < -0.39 is 0 Å². The second kappa shape index (κ2) is 8.28. The standard InChI is InChI=1S/C23H33N5O3/c1-26-19-10-12-28(22(30)15-5-2-3-6-15)14-18(19)20(25-26)23(31)27-11-4-7-16(13-27)21(29)24-17-8-9-17/h15-17H,2-14H2,1H3,(H,24,29). The van der Waals surface area contributed by atoms with Crippen LogP contribution in [0.15, 0.2) is 0 Å². The lowest BCUT2D eigenvalue weighted by atomic mass is 9.96. The van der Waals surface area contributed by atoms with Gasteiger partial charge in [-0.25, -0.2) is 0 Å². The van der Waals surface area contributed by atoms with Gasteiger partial charge < -0.3 is 15.1 Å². The summed E-state index contributed by atoms with van der Waals surface area (Å²) in [4.78, 5) is 42.6. The zero-order valence-electron chi connectivity index (χ0n) is 18.4. The van der Waals surface area contributed by atoms with Crippen LogP contribution < -0.4 is 5.32 Å². The molecule has 0 bridgehead atoms. The first-order chi connectivity index (χ1) is 15.0. The van der Waals surface area contributed by atoms with E-state index in [1.54, 1.807) is 9.58 Å². The largest absolute Gasteiger partial charge is 0.353 e. The highest BCUT2D eigenvalue weighted by Crippen LogP contribution is 2.30. The van der Waals surface area contributed by atoms with Crippen molar-refractivity contribution in [2.24, 2.45) is 18.9 Å². The monoisotopic (exact) mass is 427 g/mol. The van der Waals surface area contributed by atoms with Gasteiger partial charge in [-0.05, 0) is 38.5 Å². The second-order valence-corrected chi connectivity index (χ2v) is 9.76. The van der Waals surface area contributed by atoms with Gasteiger partial charge in [0.15, 0.2) is 5.69 Å². The fourth-order valence-corrected chi connectivity index (χ4v) is 5.46. The van der Waals surface area contributed by atoms with E-state index in [1.807, 2.05) is 11.9 Å². The molecule has 3 heterocycles. The number of aryl methyl sites for hydroxylation is 1. The predicted molar refractivity (Wildman–Crippen MR) is 114 cm³/mol. The third-order valence-electron chi connectivity index (χ3n) is 7.46. The molecule has 31 heavy (non-hydrogen) atoms. The lowest BCUT2D eigenvalue weighted by Crippen LogP contribution is -2.46. The molecule has 8 heteroatoms. The van der Waals surface area contributed by atoms with Gasteiger partial charge in [-0.1, -0.05) is 12.8 Å². The number of aromatic nitrogens is 2. The van der Waals surface area contributed by atoms with E-state index in [0.29, 0.717) is 37.9 Å². The van der Waals surface area contributed by atoms with E-state index in [2.05, 4.69) is 10.4 Å². The number of nitrogens with zero attached hydrogens (tertiary/aromatic N) is 4. The molecule has 2 saturated carbocycles. The van der Waals surface area contributed by atoms with Gasteiger partial charge in [0.05, 0.1) is 5.92 Å². The summed E-state index contributed by atoms with van der Waals surface area (Å²) in [6.07, 6.45) is 8.76. The summed E-state index contributed by atoms with van der Waals surface area (Å²) >= 11 is 0. The van der Waals surface area contributed by atoms with Crippen LogP contribution in [-0.2, 0) is 29.6 Å². The normalized spacial score (nSPS) is 24.2. The molecule has 4 aliphatic rings. The quantitative estimate of drug-likeness (QED) is 0.791. The summed E-state index contributed by atoms with van der Waals surface area (Å²) in [6.45, 7) is 2.27. The van der Waals surface area contributed by atoms with Gasteiger partial charge in [0.2, 0.25) is 11.8 Å². The number of fused-ring (bicyclic) bond motifs is 1. The Bertz CT molecular complexity index is 884. The number of carbonyl (C=O) groups is 3. The third kappa shape index (κ3) is 4.08. The molecule has 1 unspecified atom stereocenters. The topological polar surface area (TPSA) is 87.5 Å². The number of amides is 3. The van der Waals surface area contributed by atoms with Crippen molar-refractivity contribution < 1.29 is 14.4 Å². The number of nitrogens with one attached hydrogen (secondary N) is 1. The van der Waals surface area contributed by atoms with E-state index in [1.165, 1.54) is 0 Å². The van der Waals surface area contributed by atoms with E-state index in [0.717, 1.165) is 69.0 Å². The summed E-state index contributed by atoms with van der Waals surface area (Å²) in [5, 5.41) is 7.65. The molecule has 5 rings (SSSR count). The molecule has 1 atom stereocenters. The van der Waals surface area contributed by atoms with E-state index in [-0.39, 0.29) is 29.6 Å². The summed E-state index contributed by atoms with van der Waals surface area (Å²) in [7, 11) is 1.88. The van der Waals surface area contributed by atoms with Gasteiger partial charge >= 0.3 is 0 Å². The molecule has 1 N–H and O–H groups in total. The molecule has 0 spiro atoms. The Balaban J connectivity index is 1.31. The van der Waals surface area contributed by atoms with Gasteiger partial charge in [-0.2, -0.15) is 5.10 Å². The number of carbonyl (C=O) groups excluding carboxylic acids is 3. The lowest BCUT2D eigenvalue weighted by Gasteiger charge is -2.33. The van der Waals surface area contributed by atoms with Crippen molar-refractivity contribution in [2.45, 2.75) is 70.4 Å². The summed E-state index contributed by atoms with van der Waals surface area (Å²) in [5.74, 6) is 0.219. The highest BCUT2D eigenvalue weighted by Gasteiger charge is 2.36. The summed E-state index contributed by atoms with van der Waals surface area (Å²) in [6, 6.07) is 0.338. The van der Waals surface area contributed by atoms with Crippen molar-refractivity contribution in [2.75, 3.05) is 19.6 Å². The van der Waals surface area contributed by atoms with E-state index in [9.17, 15) is 14.4 Å². The van der Waals surface area contributed by atoms with Crippen molar-refractivity contribution in [1.82, 2.24) is 24.9 Å². The summed E-state index contributed by atoms with van der Waals surface area (Å²) in [5.41, 5.74) is 2.41. The van der Waals surface area contributed by atoms with Crippen LogP contribution in [0.1, 0.15) is 73.1 Å². The molecule has 1 aromatic heterocycles. The first-order valence-corrected chi connectivity index (χ1v) is 11.9. The van der Waals surface area contributed by atoms with Crippen LogP contribution in [0.3, 0.4) is 0 Å². The molecular weight excluding hydrogens is 394 g/mol. The van der Waals surface area contributed by atoms with Crippen molar-refractivity contribution in [3.8, 4) is 0 Å². The van der Waals surface area contributed by atoms with Crippen LogP contribution in [0.25, 0.3) is 0 Å². The Morgan fingerprint density at radius 2 is 1.68 bits per heavy atom. The number of piperidine rings is 1. The molecule has 8 nitrogen and oxygen atoms in total. The van der Waals surface area contributed by atoms with Gasteiger partial charge in [-0.3, -0.25) is 19.1 Å². The maximum Gasteiger partial charge on any atom is 0.274 e. The SMILES string of the molecule is Cn1nc(C(=O)N2CCCC(C(=O)NC3CC3)C2)c2c1CCN(C(=O)C1CCCC1)C2. The van der Waals surface area contributed by atoms with Crippen LogP contribution >= 0.6 is 0 Å². The van der Waals surface area contributed by atoms with E-state index >= 15 is 0 Å². The Morgan fingerprint density at radius 3 is 2.42 bits per heavy atom. The number of hydrogen-bond acceptors (Lipinski definition) is 4. The Labute approximate surface area is 183 Å². The fourth-order valence-electron chi connectivity index (χ4n) is 5.46. The summed E-state index contributed by atoms with van der Waals surface area (Å²) < 4.78 is 1.81. The van der Waals surface area contributed by atoms with E-state index in [4.69, 9.17) is 0 Å². The molecule has 1 saturated heterocycles. The minimum Gasteiger partial charge on any atom is -0.353 e. The number of rotatable bonds is 4. The van der Waals surface area contributed by atoms with Crippen LogP contribution in [0, 0.1) is 11.8 Å². The van der Waals surface area contributed by atoms with Gasteiger partial charge in [0.25, 0.3) is 5.91 Å². The minimum absolute atomic E-state index is 0.0800. The number of likely N-dealkylation sites (tertiary alicyclic amines) is 1. The Hall–Kier alpha value is -2.38. The average Bonchev–Trinajstić information content (AvgIpc) is 3.31. The fraction of sp³-hybridized carbons (Fsp3) is 0.739. The molecule has 1 aromatic rings. The molecule has 3 fully saturated rings. The van der Waals surface area contributed by atoms with Gasteiger partial charge in [0, 0.05) is 62.9 Å². The Morgan fingerprint density at radius 1 is 0.935 bits per heavy atom. The molecule has 2 aliphatic carbocycles. The van der Waals surface area contributed by atoms with Gasteiger partial charge in [0.1, 0.15) is 0 Å². The maximum atomic E-state index is 13.4. The smallest absolute Gasteiger partial charge is 0.274 e. The van der Waals surface area contributed by atoms with Crippen molar-refractivity contribution in [3.63, 3.8) is 0 Å². The zero-order valence-corrected chi connectivity index (χ0v) is 18.4. The van der Waals surface area contributed by atoms with Crippen LogP contribution in [-0.4, -0.2) is 63.0 Å². The molecule has 3 amide bonds. The third-order valence-corrected chi connectivity index (χ3v) is 7.46. The second-order valence-electron chi connectivity index (χ2n) is 9.76. The molecule has 0 radical (unpaired) electrons. The van der Waals surface area contributed by atoms with Crippen molar-refractivity contribution in [1.29, 1.82) is 0 Å².